The predicted molar refractivity (Wildman–Crippen MR) is 126 cm³/mol. The third kappa shape index (κ3) is 3.96. The fraction of sp³-hybridized carbons (Fsp3) is 0.348. The third-order valence-corrected chi connectivity index (χ3v) is 6.69. The van der Waals surface area contributed by atoms with Crippen molar-refractivity contribution in [3.05, 3.63) is 58.6 Å². The molecule has 1 aliphatic heterocycles. The first-order valence-corrected chi connectivity index (χ1v) is 11.5. The van der Waals surface area contributed by atoms with E-state index in [0.717, 1.165) is 53.8 Å². The zero-order valence-corrected chi connectivity index (χ0v) is 19.4. The first-order valence-electron chi connectivity index (χ1n) is 10.7. The van der Waals surface area contributed by atoms with Crippen LogP contribution >= 0.6 is 23.2 Å². The Hall–Kier alpha value is -2.61. The van der Waals surface area contributed by atoms with Gasteiger partial charge in [-0.25, -0.2) is 0 Å². The van der Waals surface area contributed by atoms with Crippen molar-refractivity contribution >= 4 is 34.1 Å². The van der Waals surface area contributed by atoms with Crippen LogP contribution in [0.5, 0.6) is 5.75 Å². The molecule has 1 aromatic carbocycles. The van der Waals surface area contributed by atoms with Crippen LogP contribution in [0.3, 0.4) is 0 Å². The van der Waals surface area contributed by atoms with E-state index in [-0.39, 0.29) is 6.10 Å². The van der Waals surface area contributed by atoms with Gasteiger partial charge >= 0.3 is 0 Å². The number of H-pyrrole nitrogens is 1. The highest BCUT2D eigenvalue weighted by Crippen LogP contribution is 2.35. The van der Waals surface area contributed by atoms with Crippen LogP contribution in [0.1, 0.15) is 38.0 Å². The van der Waals surface area contributed by atoms with Gasteiger partial charge in [0, 0.05) is 48.2 Å². The highest BCUT2D eigenvalue weighted by molar-refractivity contribution is 6.35. The summed E-state index contributed by atoms with van der Waals surface area (Å²) < 4.78 is 8.25. The van der Waals surface area contributed by atoms with E-state index in [1.165, 1.54) is 0 Å². The Morgan fingerprint density at radius 1 is 1.22 bits per heavy atom. The van der Waals surface area contributed by atoms with Gasteiger partial charge in [0.15, 0.2) is 0 Å². The molecule has 9 heteroatoms. The number of fused-ring (bicyclic) bond motifs is 1. The monoisotopic (exact) mass is 470 g/mol. The maximum absolute atomic E-state index is 6.29. The number of rotatable bonds is 6. The number of likely N-dealkylation sites (tertiary alicyclic amines) is 1. The van der Waals surface area contributed by atoms with Crippen LogP contribution in [-0.2, 0) is 0 Å². The Labute approximate surface area is 196 Å². The molecule has 1 fully saturated rings. The number of pyridine rings is 1. The summed E-state index contributed by atoms with van der Waals surface area (Å²) in [4.78, 5) is 6.46. The van der Waals surface area contributed by atoms with Gasteiger partial charge in [0.05, 0.1) is 27.8 Å². The molecular formula is C23H24Cl2N6O. The summed E-state index contributed by atoms with van der Waals surface area (Å²) in [6.07, 6.45) is 7.90. The van der Waals surface area contributed by atoms with Gasteiger partial charge in [-0.15, -0.1) is 0 Å². The normalized spacial score (nSPS) is 17.8. The number of nitrogens with zero attached hydrogens (tertiary/aromatic N) is 5. The van der Waals surface area contributed by atoms with Crippen molar-refractivity contribution < 1.29 is 4.74 Å². The standard InChI is InChI=1S/C23H24Cl2N6O/c1-3-30-7-6-16(13-30)31-12-15(9-27-31)23-18-8-17(4-5-21(18)28-29-23)32-14(2)22-19(24)10-26-11-20(22)25/h4-5,8-12,14,16H,3,6-7,13H2,1-2H3,(H,28,29)/t14?,16-/m1/s1. The Bertz CT molecular complexity index is 1230. The zero-order valence-electron chi connectivity index (χ0n) is 17.9. The lowest BCUT2D eigenvalue weighted by Crippen LogP contribution is -2.21. The second kappa shape index (κ2) is 8.73. The van der Waals surface area contributed by atoms with E-state index in [2.05, 4.69) is 43.0 Å². The Balaban J connectivity index is 1.41. The minimum Gasteiger partial charge on any atom is -0.486 e. The molecule has 1 unspecified atom stereocenters. The second-order valence-electron chi connectivity index (χ2n) is 8.10. The van der Waals surface area contributed by atoms with Gasteiger partial charge in [0.1, 0.15) is 17.5 Å². The van der Waals surface area contributed by atoms with Crippen molar-refractivity contribution in [2.24, 2.45) is 0 Å². The van der Waals surface area contributed by atoms with E-state index in [1.807, 2.05) is 31.3 Å². The molecule has 2 atom stereocenters. The number of nitrogens with one attached hydrogen (secondary N) is 1. The summed E-state index contributed by atoms with van der Waals surface area (Å²) in [5, 5.41) is 14.2. The van der Waals surface area contributed by atoms with Crippen molar-refractivity contribution in [3.8, 4) is 17.0 Å². The van der Waals surface area contributed by atoms with E-state index < -0.39 is 0 Å². The van der Waals surface area contributed by atoms with Gasteiger partial charge in [0.25, 0.3) is 0 Å². The predicted octanol–water partition coefficient (Wildman–Crippen LogP) is 5.53. The summed E-state index contributed by atoms with van der Waals surface area (Å²) in [6, 6.07) is 6.26. The molecule has 1 saturated heterocycles. The fourth-order valence-electron chi connectivity index (χ4n) is 4.33. The number of aromatic amines is 1. The molecule has 0 saturated carbocycles. The maximum Gasteiger partial charge on any atom is 0.124 e. The number of likely N-dealkylation sites (N-methyl/N-ethyl adjacent to an activating group) is 1. The lowest BCUT2D eigenvalue weighted by atomic mass is 10.1. The molecule has 7 nitrogen and oxygen atoms in total. The third-order valence-electron chi connectivity index (χ3n) is 6.09. The molecule has 4 aromatic rings. The van der Waals surface area contributed by atoms with E-state index in [9.17, 15) is 0 Å². The number of ether oxygens (including phenoxy) is 1. The zero-order chi connectivity index (χ0) is 22.2. The van der Waals surface area contributed by atoms with E-state index in [4.69, 9.17) is 27.9 Å². The summed E-state index contributed by atoms with van der Waals surface area (Å²) in [7, 11) is 0. The largest absolute Gasteiger partial charge is 0.486 e. The molecule has 32 heavy (non-hydrogen) atoms. The van der Waals surface area contributed by atoms with Crippen molar-refractivity contribution in [2.45, 2.75) is 32.4 Å². The number of benzene rings is 1. The van der Waals surface area contributed by atoms with Crippen molar-refractivity contribution in [1.82, 2.24) is 29.9 Å². The highest BCUT2D eigenvalue weighted by Gasteiger charge is 2.24. The smallest absolute Gasteiger partial charge is 0.124 e. The summed E-state index contributed by atoms with van der Waals surface area (Å²) in [5.74, 6) is 0.707. The van der Waals surface area contributed by atoms with Crippen molar-refractivity contribution in [1.29, 1.82) is 0 Å². The number of hydrogen-bond acceptors (Lipinski definition) is 5. The van der Waals surface area contributed by atoms with Gasteiger partial charge in [-0.1, -0.05) is 30.1 Å². The van der Waals surface area contributed by atoms with Gasteiger partial charge in [-0.2, -0.15) is 10.2 Å². The molecule has 166 valence electrons. The second-order valence-corrected chi connectivity index (χ2v) is 8.92. The lowest BCUT2D eigenvalue weighted by molar-refractivity contribution is 0.227. The van der Waals surface area contributed by atoms with Crippen LogP contribution in [-0.4, -0.2) is 49.5 Å². The van der Waals surface area contributed by atoms with Gasteiger partial charge in [-0.3, -0.25) is 14.8 Å². The molecule has 5 rings (SSSR count). The van der Waals surface area contributed by atoms with E-state index >= 15 is 0 Å². The topological polar surface area (TPSA) is 71.9 Å². The maximum atomic E-state index is 6.29. The quantitative estimate of drug-likeness (QED) is 0.400. The highest BCUT2D eigenvalue weighted by atomic mass is 35.5. The summed E-state index contributed by atoms with van der Waals surface area (Å²) in [6.45, 7) is 7.34. The SMILES string of the molecule is CCN1CC[C@@H](n2cc(-c3n[nH]c4ccc(OC(C)c5c(Cl)cncc5Cl)cc34)cn2)C1. The summed E-state index contributed by atoms with van der Waals surface area (Å²) >= 11 is 12.6. The van der Waals surface area contributed by atoms with Crippen molar-refractivity contribution in [2.75, 3.05) is 19.6 Å². The van der Waals surface area contributed by atoms with Gasteiger partial charge in [-0.05, 0) is 38.1 Å². The van der Waals surface area contributed by atoms with E-state index in [0.29, 0.717) is 21.8 Å². The fourth-order valence-corrected chi connectivity index (χ4v) is 5.01. The van der Waals surface area contributed by atoms with Crippen LogP contribution in [0.4, 0.5) is 0 Å². The van der Waals surface area contributed by atoms with Crippen LogP contribution in [0.15, 0.2) is 43.0 Å². The molecule has 1 N–H and O–H groups in total. The molecule has 1 aliphatic rings. The Morgan fingerprint density at radius 3 is 2.78 bits per heavy atom. The number of halogens is 2. The molecule has 0 aliphatic carbocycles. The lowest BCUT2D eigenvalue weighted by Gasteiger charge is -2.17. The average Bonchev–Trinajstić information content (AvgIpc) is 3.52. The van der Waals surface area contributed by atoms with Gasteiger partial charge in [0.2, 0.25) is 0 Å². The first kappa shape index (κ1) is 21.2. The van der Waals surface area contributed by atoms with Gasteiger partial charge < -0.3 is 9.64 Å². The Morgan fingerprint density at radius 2 is 2.03 bits per heavy atom. The molecule has 4 heterocycles. The molecule has 0 bridgehead atoms. The number of hydrogen-bond donors (Lipinski definition) is 1. The molecule has 3 aromatic heterocycles. The van der Waals surface area contributed by atoms with Crippen LogP contribution < -0.4 is 4.74 Å². The minimum atomic E-state index is -0.336. The van der Waals surface area contributed by atoms with Crippen LogP contribution in [0.2, 0.25) is 10.0 Å². The number of aromatic nitrogens is 5. The molecule has 0 spiro atoms. The first-order chi connectivity index (χ1) is 15.5. The molecule has 0 radical (unpaired) electrons. The van der Waals surface area contributed by atoms with Crippen LogP contribution in [0, 0.1) is 0 Å². The van der Waals surface area contributed by atoms with Crippen molar-refractivity contribution in [3.63, 3.8) is 0 Å². The summed E-state index contributed by atoms with van der Waals surface area (Å²) in [5.41, 5.74) is 3.49. The molecule has 0 amide bonds. The minimum absolute atomic E-state index is 0.336. The Kier molecular flexibility index (Phi) is 5.80. The van der Waals surface area contributed by atoms with E-state index in [1.54, 1.807) is 12.4 Å². The average molecular weight is 471 g/mol. The van der Waals surface area contributed by atoms with Crippen LogP contribution in [0.25, 0.3) is 22.2 Å². The molecular weight excluding hydrogens is 447 g/mol.